The summed E-state index contributed by atoms with van der Waals surface area (Å²) in [5, 5.41) is 9.60. The maximum Gasteiger partial charge on any atom is 0.312 e. The number of carbonyl (C=O) groups excluding carboxylic acids is 2. The smallest absolute Gasteiger partial charge is 0.312 e. The lowest BCUT2D eigenvalue weighted by atomic mass is 10.1. The highest BCUT2D eigenvalue weighted by molar-refractivity contribution is 7.14. The summed E-state index contributed by atoms with van der Waals surface area (Å²) in [5.74, 6) is -0.736. The van der Waals surface area contributed by atoms with E-state index in [1.807, 2.05) is 47.3 Å². The highest BCUT2D eigenvalue weighted by Crippen LogP contribution is 2.25. The number of hydrogen-bond donors (Lipinski definition) is 1. The molecule has 0 aliphatic carbocycles. The van der Waals surface area contributed by atoms with Gasteiger partial charge < -0.3 is 10.1 Å². The summed E-state index contributed by atoms with van der Waals surface area (Å²) in [6.07, 6.45) is 1.78. The molecule has 0 radical (unpaired) electrons. The number of thiophene rings is 1. The summed E-state index contributed by atoms with van der Waals surface area (Å²) < 4.78 is 5.09. The molecule has 146 valence electrons. The van der Waals surface area contributed by atoms with Crippen LogP contribution in [0.25, 0.3) is 10.6 Å². The number of amides is 1. The number of nitrogens with zero attached hydrogens (tertiary/aromatic N) is 1. The van der Waals surface area contributed by atoms with Gasteiger partial charge in [-0.15, -0.1) is 11.3 Å². The predicted molar refractivity (Wildman–Crippen MR) is 112 cm³/mol. The van der Waals surface area contributed by atoms with Crippen LogP contribution in [0.1, 0.15) is 24.6 Å². The number of aryl methyl sites for hydroxylation is 1. The van der Waals surface area contributed by atoms with Crippen LogP contribution in [0, 0.1) is 0 Å². The first kappa shape index (κ1) is 20.2. The quantitative estimate of drug-likeness (QED) is 0.536. The van der Waals surface area contributed by atoms with E-state index in [4.69, 9.17) is 4.74 Å². The van der Waals surface area contributed by atoms with E-state index in [1.165, 1.54) is 16.9 Å². The molecule has 1 amide bonds. The molecule has 5 nitrogen and oxygen atoms in total. The van der Waals surface area contributed by atoms with Gasteiger partial charge in [-0.1, -0.05) is 30.3 Å². The number of aromatic nitrogens is 1. The van der Waals surface area contributed by atoms with Crippen LogP contribution in [0.4, 0.5) is 0 Å². The van der Waals surface area contributed by atoms with Gasteiger partial charge in [0.05, 0.1) is 12.1 Å². The molecule has 28 heavy (non-hydrogen) atoms. The summed E-state index contributed by atoms with van der Waals surface area (Å²) in [6, 6.07) is 12.1. The van der Waals surface area contributed by atoms with Crippen molar-refractivity contribution >= 4 is 34.6 Å². The number of nitrogens with one attached hydrogen (secondary N) is 1. The summed E-state index contributed by atoms with van der Waals surface area (Å²) >= 11 is 3.10. The van der Waals surface area contributed by atoms with Crippen LogP contribution >= 0.6 is 22.7 Å². The van der Waals surface area contributed by atoms with Crippen molar-refractivity contribution in [1.82, 2.24) is 10.3 Å². The Morgan fingerprint density at radius 3 is 2.75 bits per heavy atom. The van der Waals surface area contributed by atoms with E-state index in [1.54, 1.807) is 11.3 Å². The van der Waals surface area contributed by atoms with Crippen LogP contribution in [-0.4, -0.2) is 29.5 Å². The largest absolute Gasteiger partial charge is 0.455 e. The molecular weight excluding hydrogens is 392 g/mol. The molecule has 3 aromatic rings. The van der Waals surface area contributed by atoms with E-state index in [9.17, 15) is 9.59 Å². The molecule has 0 aliphatic rings. The molecule has 0 saturated heterocycles. The van der Waals surface area contributed by atoms with Crippen LogP contribution in [0.15, 0.2) is 52.5 Å². The van der Waals surface area contributed by atoms with Gasteiger partial charge in [-0.25, -0.2) is 4.98 Å². The van der Waals surface area contributed by atoms with Gasteiger partial charge in [0.1, 0.15) is 5.01 Å². The fraction of sp³-hybridized carbons (Fsp3) is 0.286. The molecule has 2 aromatic heterocycles. The van der Waals surface area contributed by atoms with Crippen molar-refractivity contribution in [3.05, 3.63) is 63.8 Å². The Bertz CT molecular complexity index is 892. The lowest BCUT2D eigenvalue weighted by Gasteiger charge is -2.14. The minimum absolute atomic E-state index is 0.0121. The zero-order chi connectivity index (χ0) is 19.8. The molecule has 7 heteroatoms. The molecule has 1 atom stereocenters. The minimum atomic E-state index is -0.450. The van der Waals surface area contributed by atoms with Gasteiger partial charge in [-0.2, -0.15) is 11.3 Å². The van der Waals surface area contributed by atoms with Crippen LogP contribution in [0.5, 0.6) is 0 Å². The number of hydrogen-bond acceptors (Lipinski definition) is 6. The number of benzene rings is 1. The zero-order valence-corrected chi connectivity index (χ0v) is 17.2. The second kappa shape index (κ2) is 10.1. The normalized spacial score (nSPS) is 11.8. The SMILES string of the molecule is C[C@H](CCc1ccccc1)NC(=O)COC(=O)Cc1csc(-c2ccsc2)n1. The summed E-state index contributed by atoms with van der Waals surface area (Å²) in [7, 11) is 0. The van der Waals surface area contributed by atoms with Crippen molar-refractivity contribution in [1.29, 1.82) is 0 Å². The third-order valence-electron chi connectivity index (χ3n) is 4.13. The number of thiazole rings is 1. The lowest BCUT2D eigenvalue weighted by Crippen LogP contribution is -2.36. The molecule has 1 aromatic carbocycles. The van der Waals surface area contributed by atoms with E-state index in [2.05, 4.69) is 22.4 Å². The van der Waals surface area contributed by atoms with E-state index >= 15 is 0 Å². The third kappa shape index (κ3) is 6.28. The third-order valence-corrected chi connectivity index (χ3v) is 5.75. The van der Waals surface area contributed by atoms with Crippen molar-refractivity contribution in [3.63, 3.8) is 0 Å². The van der Waals surface area contributed by atoms with Gasteiger partial charge >= 0.3 is 5.97 Å². The molecule has 0 aliphatic heterocycles. The first-order valence-corrected chi connectivity index (χ1v) is 10.9. The van der Waals surface area contributed by atoms with Gasteiger partial charge in [0, 0.05) is 22.4 Å². The highest BCUT2D eigenvalue weighted by Gasteiger charge is 2.13. The van der Waals surface area contributed by atoms with Crippen molar-refractivity contribution in [2.24, 2.45) is 0 Å². The molecule has 3 rings (SSSR count). The topological polar surface area (TPSA) is 68.3 Å². The maximum absolute atomic E-state index is 12.0. The van der Waals surface area contributed by atoms with Gasteiger partial charge in [0.25, 0.3) is 5.91 Å². The zero-order valence-electron chi connectivity index (χ0n) is 15.6. The average Bonchev–Trinajstić information content (AvgIpc) is 3.37. The Hall–Kier alpha value is -2.51. The Morgan fingerprint density at radius 1 is 1.18 bits per heavy atom. The first-order valence-electron chi connectivity index (χ1n) is 9.06. The highest BCUT2D eigenvalue weighted by atomic mass is 32.1. The molecule has 2 heterocycles. The molecule has 0 fully saturated rings. The summed E-state index contributed by atoms with van der Waals surface area (Å²) in [5.41, 5.74) is 2.95. The van der Waals surface area contributed by atoms with Gasteiger partial charge in [0.2, 0.25) is 0 Å². The van der Waals surface area contributed by atoms with E-state index < -0.39 is 5.97 Å². The molecule has 0 bridgehead atoms. The molecular formula is C21H22N2O3S2. The summed E-state index contributed by atoms with van der Waals surface area (Å²) in [4.78, 5) is 28.4. The predicted octanol–water partition coefficient (Wildman–Crippen LogP) is 4.09. The minimum Gasteiger partial charge on any atom is -0.455 e. The molecule has 0 spiro atoms. The number of ether oxygens (including phenoxy) is 1. The fourth-order valence-corrected chi connectivity index (χ4v) is 4.20. The lowest BCUT2D eigenvalue weighted by molar-refractivity contribution is -0.148. The van der Waals surface area contributed by atoms with Crippen LogP contribution in [0.2, 0.25) is 0 Å². The van der Waals surface area contributed by atoms with Crippen molar-refractivity contribution in [3.8, 4) is 10.6 Å². The van der Waals surface area contributed by atoms with Crippen LogP contribution < -0.4 is 5.32 Å². The van der Waals surface area contributed by atoms with E-state index in [-0.39, 0.29) is 25.0 Å². The van der Waals surface area contributed by atoms with E-state index in [0.717, 1.165) is 23.4 Å². The van der Waals surface area contributed by atoms with Crippen LogP contribution in [-0.2, 0) is 27.2 Å². The second-order valence-electron chi connectivity index (χ2n) is 6.49. The second-order valence-corrected chi connectivity index (χ2v) is 8.12. The summed E-state index contributed by atoms with van der Waals surface area (Å²) in [6.45, 7) is 1.68. The fourth-order valence-electron chi connectivity index (χ4n) is 2.67. The van der Waals surface area contributed by atoms with Crippen molar-refractivity contribution < 1.29 is 14.3 Å². The van der Waals surface area contributed by atoms with Gasteiger partial charge in [-0.05, 0) is 36.8 Å². The Morgan fingerprint density at radius 2 is 2.00 bits per heavy atom. The average molecular weight is 415 g/mol. The van der Waals surface area contributed by atoms with Crippen LogP contribution in [0.3, 0.4) is 0 Å². The van der Waals surface area contributed by atoms with Crippen molar-refractivity contribution in [2.75, 3.05) is 6.61 Å². The maximum atomic E-state index is 12.0. The van der Waals surface area contributed by atoms with E-state index in [0.29, 0.717) is 5.69 Å². The first-order chi connectivity index (χ1) is 13.6. The Labute approximate surface area is 172 Å². The van der Waals surface area contributed by atoms with Gasteiger partial charge in [-0.3, -0.25) is 9.59 Å². The number of rotatable bonds is 9. The molecule has 0 unspecified atom stereocenters. The Balaban J connectivity index is 1.36. The number of esters is 1. The Kier molecular flexibility index (Phi) is 7.33. The van der Waals surface area contributed by atoms with Gasteiger partial charge in [0.15, 0.2) is 6.61 Å². The molecule has 1 N–H and O–H groups in total. The number of carbonyl (C=O) groups is 2. The van der Waals surface area contributed by atoms with Crippen molar-refractivity contribution in [2.45, 2.75) is 32.2 Å². The monoisotopic (exact) mass is 414 g/mol. The standard InChI is InChI=1S/C21H22N2O3S2/c1-15(7-8-16-5-3-2-4-6-16)22-19(24)12-26-20(25)11-18-14-28-21(23-18)17-9-10-27-13-17/h2-6,9-10,13-15H,7-8,11-12H2,1H3,(H,22,24)/t15-/m1/s1. The molecule has 0 saturated carbocycles.